The van der Waals surface area contributed by atoms with E-state index in [2.05, 4.69) is 9.97 Å². The molecule has 0 aliphatic rings. The Balaban J connectivity index is 2.03. The molecule has 0 aliphatic heterocycles. The van der Waals surface area contributed by atoms with E-state index in [0.29, 0.717) is 17.6 Å². The van der Waals surface area contributed by atoms with Gasteiger partial charge in [0.2, 0.25) is 5.88 Å². The second-order valence-electron chi connectivity index (χ2n) is 5.13. The van der Waals surface area contributed by atoms with Gasteiger partial charge in [0.25, 0.3) is 0 Å². The topological polar surface area (TPSA) is 98.3 Å². The Morgan fingerprint density at radius 1 is 1.28 bits per heavy atom. The standard InChI is InChI=1S/C17H13ClFN3O3/c18-16-13(23)4-2-10(19)15(16)17(24)9-1-3-11-12(7-9)22-14(8-21-11)25-6-5-20/h1-4,7-8,23H,5-6,20H2. The minimum atomic E-state index is -0.820. The Morgan fingerprint density at radius 2 is 2.08 bits per heavy atom. The van der Waals surface area contributed by atoms with Crippen molar-refractivity contribution in [2.75, 3.05) is 13.2 Å². The van der Waals surface area contributed by atoms with E-state index >= 15 is 0 Å². The van der Waals surface area contributed by atoms with E-state index < -0.39 is 17.2 Å². The zero-order valence-electron chi connectivity index (χ0n) is 12.9. The number of aromatic hydroxyl groups is 1. The summed E-state index contributed by atoms with van der Waals surface area (Å²) in [5, 5.41) is 9.27. The number of hydrogen-bond donors (Lipinski definition) is 2. The Morgan fingerprint density at radius 3 is 2.84 bits per heavy atom. The highest BCUT2D eigenvalue weighted by Crippen LogP contribution is 2.31. The fourth-order valence-corrected chi connectivity index (χ4v) is 2.50. The molecule has 1 heterocycles. The Kier molecular flexibility index (Phi) is 4.78. The van der Waals surface area contributed by atoms with Gasteiger partial charge in [-0.3, -0.25) is 4.79 Å². The van der Waals surface area contributed by atoms with Crippen LogP contribution in [0.15, 0.2) is 36.5 Å². The molecule has 0 radical (unpaired) electrons. The Hall–Kier alpha value is -2.77. The minimum absolute atomic E-state index is 0.157. The summed E-state index contributed by atoms with van der Waals surface area (Å²) in [6.45, 7) is 0.608. The summed E-state index contributed by atoms with van der Waals surface area (Å²) in [7, 11) is 0. The third-order valence-electron chi connectivity index (χ3n) is 3.45. The summed E-state index contributed by atoms with van der Waals surface area (Å²) < 4.78 is 19.3. The number of aromatic nitrogens is 2. The average Bonchev–Trinajstić information content (AvgIpc) is 2.62. The number of rotatable bonds is 5. The fraction of sp³-hybridized carbons (Fsp3) is 0.118. The van der Waals surface area contributed by atoms with E-state index in [1.54, 1.807) is 6.07 Å². The number of halogens is 2. The number of benzene rings is 2. The quantitative estimate of drug-likeness (QED) is 0.678. The van der Waals surface area contributed by atoms with Gasteiger partial charge in [0.05, 0.1) is 27.8 Å². The van der Waals surface area contributed by atoms with Gasteiger partial charge in [0.1, 0.15) is 18.2 Å². The van der Waals surface area contributed by atoms with Crippen LogP contribution in [0.25, 0.3) is 11.0 Å². The maximum Gasteiger partial charge on any atom is 0.232 e. The van der Waals surface area contributed by atoms with Crippen LogP contribution in [0.1, 0.15) is 15.9 Å². The maximum absolute atomic E-state index is 14.0. The normalized spacial score (nSPS) is 10.8. The lowest BCUT2D eigenvalue weighted by atomic mass is 10.0. The van der Waals surface area contributed by atoms with Gasteiger partial charge < -0.3 is 15.6 Å². The van der Waals surface area contributed by atoms with Crippen molar-refractivity contribution in [3.63, 3.8) is 0 Å². The van der Waals surface area contributed by atoms with Crippen LogP contribution in [-0.2, 0) is 0 Å². The van der Waals surface area contributed by atoms with Crippen molar-refractivity contribution >= 4 is 28.4 Å². The number of phenols is 1. The van der Waals surface area contributed by atoms with Gasteiger partial charge >= 0.3 is 0 Å². The van der Waals surface area contributed by atoms with Crippen molar-refractivity contribution in [1.82, 2.24) is 9.97 Å². The molecule has 0 aliphatic carbocycles. The summed E-state index contributed by atoms with van der Waals surface area (Å²) in [6.07, 6.45) is 1.45. The lowest BCUT2D eigenvalue weighted by molar-refractivity contribution is 0.103. The molecule has 0 saturated carbocycles. The lowest BCUT2D eigenvalue weighted by Gasteiger charge is -2.08. The summed E-state index contributed by atoms with van der Waals surface area (Å²) in [5.74, 6) is -1.59. The molecule has 3 N–H and O–H groups in total. The van der Waals surface area contributed by atoms with Crippen LogP contribution in [0, 0.1) is 5.82 Å². The van der Waals surface area contributed by atoms with Crippen LogP contribution in [0.4, 0.5) is 4.39 Å². The van der Waals surface area contributed by atoms with Crippen molar-refractivity contribution in [2.45, 2.75) is 0 Å². The third kappa shape index (κ3) is 3.38. The second-order valence-corrected chi connectivity index (χ2v) is 5.51. The van der Waals surface area contributed by atoms with E-state index in [1.807, 2.05) is 0 Å². The third-order valence-corrected chi connectivity index (χ3v) is 3.83. The molecule has 3 rings (SSSR count). The Labute approximate surface area is 147 Å². The second kappa shape index (κ2) is 7.00. The molecule has 0 saturated heterocycles. The fourth-order valence-electron chi connectivity index (χ4n) is 2.26. The molecule has 6 nitrogen and oxygen atoms in total. The first-order valence-electron chi connectivity index (χ1n) is 7.32. The van der Waals surface area contributed by atoms with Gasteiger partial charge in [-0.1, -0.05) is 11.6 Å². The molecule has 0 amide bonds. The molecular formula is C17H13ClFN3O3. The zero-order valence-corrected chi connectivity index (χ0v) is 13.6. The van der Waals surface area contributed by atoms with Crippen molar-refractivity contribution < 1.29 is 19.0 Å². The van der Waals surface area contributed by atoms with Crippen LogP contribution in [0.3, 0.4) is 0 Å². The first-order chi connectivity index (χ1) is 12.0. The molecule has 8 heteroatoms. The molecule has 1 aromatic heterocycles. The number of hydrogen-bond acceptors (Lipinski definition) is 6. The number of ether oxygens (including phenoxy) is 1. The summed E-state index contributed by atoms with van der Waals surface area (Å²) in [6, 6.07) is 6.59. The van der Waals surface area contributed by atoms with Gasteiger partial charge in [-0.05, 0) is 30.3 Å². The molecule has 3 aromatic rings. The molecule has 128 valence electrons. The first kappa shape index (κ1) is 17.1. The summed E-state index contributed by atoms with van der Waals surface area (Å²) in [5.41, 5.74) is 6.07. The largest absolute Gasteiger partial charge is 0.506 e. The first-order valence-corrected chi connectivity index (χ1v) is 7.70. The number of nitrogens with two attached hydrogens (primary N) is 1. The van der Waals surface area contributed by atoms with Crippen molar-refractivity contribution in [1.29, 1.82) is 0 Å². The molecule has 0 atom stereocenters. The van der Waals surface area contributed by atoms with Gasteiger partial charge in [0.15, 0.2) is 5.78 Å². The van der Waals surface area contributed by atoms with Crippen LogP contribution in [0.5, 0.6) is 11.6 Å². The van der Waals surface area contributed by atoms with Crippen LogP contribution in [0.2, 0.25) is 5.02 Å². The average molecular weight is 362 g/mol. The molecule has 0 bridgehead atoms. The van der Waals surface area contributed by atoms with Gasteiger partial charge in [0, 0.05) is 12.1 Å². The van der Waals surface area contributed by atoms with E-state index in [9.17, 15) is 14.3 Å². The predicted molar refractivity (Wildman–Crippen MR) is 90.6 cm³/mol. The molecule has 25 heavy (non-hydrogen) atoms. The molecule has 0 fully saturated rings. The number of nitrogens with zero attached hydrogens (tertiary/aromatic N) is 2. The smallest absolute Gasteiger partial charge is 0.232 e. The van der Waals surface area contributed by atoms with E-state index in [1.165, 1.54) is 18.3 Å². The Bertz CT molecular complexity index is 965. The molecule has 0 unspecified atom stereocenters. The summed E-state index contributed by atoms with van der Waals surface area (Å²) >= 11 is 5.87. The van der Waals surface area contributed by atoms with Gasteiger partial charge in [-0.25, -0.2) is 14.4 Å². The lowest BCUT2D eigenvalue weighted by Crippen LogP contribution is -2.11. The van der Waals surface area contributed by atoms with Crippen molar-refractivity contribution in [3.05, 3.63) is 58.5 Å². The monoisotopic (exact) mass is 361 g/mol. The van der Waals surface area contributed by atoms with E-state index in [-0.39, 0.29) is 28.8 Å². The highest BCUT2D eigenvalue weighted by Gasteiger charge is 2.21. The maximum atomic E-state index is 14.0. The summed E-state index contributed by atoms with van der Waals surface area (Å²) in [4.78, 5) is 21.0. The SMILES string of the molecule is NCCOc1cnc2ccc(C(=O)c3c(F)ccc(O)c3Cl)cc2n1. The van der Waals surface area contributed by atoms with Crippen molar-refractivity contribution in [2.24, 2.45) is 5.73 Å². The van der Waals surface area contributed by atoms with Crippen LogP contribution in [-0.4, -0.2) is 34.0 Å². The van der Waals surface area contributed by atoms with Crippen molar-refractivity contribution in [3.8, 4) is 11.6 Å². The van der Waals surface area contributed by atoms with Gasteiger partial charge in [-0.15, -0.1) is 0 Å². The van der Waals surface area contributed by atoms with E-state index in [4.69, 9.17) is 22.1 Å². The van der Waals surface area contributed by atoms with Crippen LogP contribution >= 0.6 is 11.6 Å². The van der Waals surface area contributed by atoms with Gasteiger partial charge in [-0.2, -0.15) is 0 Å². The number of carbonyl (C=O) groups excluding carboxylic acids is 1. The van der Waals surface area contributed by atoms with Crippen LogP contribution < -0.4 is 10.5 Å². The highest BCUT2D eigenvalue weighted by molar-refractivity contribution is 6.36. The minimum Gasteiger partial charge on any atom is -0.506 e. The molecule has 2 aromatic carbocycles. The number of carbonyl (C=O) groups is 1. The molecule has 0 spiro atoms. The number of phenolic OH excluding ortho intramolecular Hbond substituents is 1. The molecular weight excluding hydrogens is 349 g/mol. The zero-order chi connectivity index (χ0) is 18.0. The number of ketones is 1. The number of fused-ring (bicyclic) bond motifs is 1. The predicted octanol–water partition coefficient (Wildman–Crippen LogP) is 2.70. The highest BCUT2D eigenvalue weighted by atomic mass is 35.5. The van der Waals surface area contributed by atoms with E-state index in [0.717, 1.165) is 12.1 Å².